The van der Waals surface area contributed by atoms with E-state index in [0.29, 0.717) is 17.2 Å². The molecule has 4 nitrogen and oxygen atoms in total. The van der Waals surface area contributed by atoms with E-state index in [-0.39, 0.29) is 0 Å². The summed E-state index contributed by atoms with van der Waals surface area (Å²) in [4.78, 5) is 0. The molecule has 21 heavy (non-hydrogen) atoms. The van der Waals surface area contributed by atoms with Gasteiger partial charge in [0.2, 0.25) is 0 Å². The lowest BCUT2D eigenvalue weighted by molar-refractivity contribution is 0.395. The van der Waals surface area contributed by atoms with Crippen molar-refractivity contribution >= 4 is 17.8 Å². The molecule has 0 saturated carbocycles. The molecule has 0 atom stereocenters. The number of nitrogens with two attached hydrogens (primary N) is 1. The number of hydrogen-bond acceptors (Lipinski definition) is 4. The van der Waals surface area contributed by atoms with Gasteiger partial charge in [0.15, 0.2) is 0 Å². The van der Waals surface area contributed by atoms with Gasteiger partial charge in [-0.1, -0.05) is 24.3 Å². The van der Waals surface area contributed by atoms with Crippen LogP contribution in [0.1, 0.15) is 11.1 Å². The third kappa shape index (κ3) is 3.48. The minimum atomic E-state index is 0.586. The Morgan fingerprint density at radius 2 is 1.48 bits per heavy atom. The predicted octanol–water partition coefficient (Wildman–Crippen LogP) is 3.47. The van der Waals surface area contributed by atoms with E-state index in [1.165, 1.54) is 0 Å². The molecule has 0 aliphatic rings. The zero-order valence-electron chi connectivity index (χ0n) is 12.4. The topological polar surface area (TPSA) is 53.7 Å². The first kappa shape index (κ1) is 14.8. The fourth-order valence-corrected chi connectivity index (χ4v) is 1.95. The van der Waals surface area contributed by atoms with Crippen LogP contribution in [0, 0.1) is 0 Å². The number of methoxy groups -OCH3 is 3. The normalized spacial score (nSPS) is 10.6. The number of benzene rings is 2. The molecule has 0 bridgehead atoms. The first-order valence-electron chi connectivity index (χ1n) is 6.51. The standard InChI is InChI=1S/C17H19NO3/c1-19-14-8-5-12(6-9-14)4-7-13-10-15(20-2)11-16(21-3)17(13)18/h4-11H,18H2,1-3H3/b7-4-. The van der Waals surface area contributed by atoms with Crippen molar-refractivity contribution in [3.05, 3.63) is 47.5 Å². The van der Waals surface area contributed by atoms with Gasteiger partial charge in [0.1, 0.15) is 17.2 Å². The van der Waals surface area contributed by atoms with Crippen LogP contribution in [0.25, 0.3) is 12.2 Å². The van der Waals surface area contributed by atoms with Crippen LogP contribution < -0.4 is 19.9 Å². The summed E-state index contributed by atoms with van der Waals surface area (Å²) in [6, 6.07) is 11.4. The molecule has 2 aromatic carbocycles. The molecule has 0 saturated heterocycles. The molecule has 2 N–H and O–H groups in total. The Balaban J connectivity index is 2.30. The average molecular weight is 285 g/mol. The Labute approximate surface area is 124 Å². The van der Waals surface area contributed by atoms with Crippen LogP contribution in [-0.2, 0) is 0 Å². The Morgan fingerprint density at radius 1 is 0.810 bits per heavy atom. The molecule has 0 heterocycles. The van der Waals surface area contributed by atoms with E-state index in [1.807, 2.05) is 42.5 Å². The quantitative estimate of drug-likeness (QED) is 0.675. The first-order chi connectivity index (χ1) is 10.2. The smallest absolute Gasteiger partial charge is 0.146 e. The number of rotatable bonds is 5. The highest BCUT2D eigenvalue weighted by Gasteiger charge is 2.07. The first-order valence-corrected chi connectivity index (χ1v) is 6.51. The average Bonchev–Trinajstić information content (AvgIpc) is 2.54. The molecule has 0 spiro atoms. The summed E-state index contributed by atoms with van der Waals surface area (Å²) in [5.74, 6) is 2.13. The van der Waals surface area contributed by atoms with Crippen LogP contribution in [0.4, 0.5) is 5.69 Å². The molecule has 0 aliphatic heterocycles. The van der Waals surface area contributed by atoms with Gasteiger partial charge in [-0.2, -0.15) is 0 Å². The maximum absolute atomic E-state index is 6.08. The fraction of sp³-hybridized carbons (Fsp3) is 0.176. The van der Waals surface area contributed by atoms with E-state index in [1.54, 1.807) is 27.4 Å². The molecule has 2 aromatic rings. The molecule has 0 radical (unpaired) electrons. The molecule has 0 aliphatic carbocycles. The largest absolute Gasteiger partial charge is 0.497 e. The molecule has 0 fully saturated rings. The number of ether oxygens (including phenoxy) is 3. The Hall–Kier alpha value is -2.62. The van der Waals surface area contributed by atoms with E-state index < -0.39 is 0 Å². The van der Waals surface area contributed by atoms with E-state index in [0.717, 1.165) is 16.9 Å². The van der Waals surface area contributed by atoms with Crippen molar-refractivity contribution in [3.8, 4) is 17.2 Å². The van der Waals surface area contributed by atoms with Crippen molar-refractivity contribution in [1.82, 2.24) is 0 Å². The van der Waals surface area contributed by atoms with Gasteiger partial charge < -0.3 is 19.9 Å². The van der Waals surface area contributed by atoms with Gasteiger partial charge in [0, 0.05) is 11.6 Å². The summed E-state index contributed by atoms with van der Waals surface area (Å²) in [6.45, 7) is 0. The van der Waals surface area contributed by atoms with Gasteiger partial charge >= 0.3 is 0 Å². The van der Waals surface area contributed by atoms with E-state index in [2.05, 4.69) is 0 Å². The third-order valence-electron chi connectivity index (χ3n) is 3.17. The van der Waals surface area contributed by atoms with Crippen LogP contribution in [0.5, 0.6) is 17.2 Å². The van der Waals surface area contributed by atoms with Crippen LogP contribution >= 0.6 is 0 Å². The highest BCUT2D eigenvalue weighted by molar-refractivity contribution is 5.79. The zero-order valence-corrected chi connectivity index (χ0v) is 12.4. The van der Waals surface area contributed by atoms with Crippen LogP contribution in [0.2, 0.25) is 0 Å². The van der Waals surface area contributed by atoms with Crippen LogP contribution in [0.15, 0.2) is 36.4 Å². The summed E-state index contributed by atoms with van der Waals surface area (Å²) in [6.07, 6.45) is 3.91. The SMILES string of the molecule is COc1ccc(/C=C\c2cc(OC)cc(OC)c2N)cc1. The summed E-state index contributed by atoms with van der Waals surface area (Å²) in [7, 11) is 4.85. The van der Waals surface area contributed by atoms with Crippen molar-refractivity contribution in [1.29, 1.82) is 0 Å². The monoisotopic (exact) mass is 285 g/mol. The molecule has 2 rings (SSSR count). The second kappa shape index (κ2) is 6.70. The summed E-state index contributed by atoms with van der Waals surface area (Å²) in [5.41, 5.74) is 8.56. The van der Waals surface area contributed by atoms with Gasteiger partial charge in [0.25, 0.3) is 0 Å². The molecule has 0 amide bonds. The third-order valence-corrected chi connectivity index (χ3v) is 3.17. The van der Waals surface area contributed by atoms with Gasteiger partial charge in [-0.25, -0.2) is 0 Å². The van der Waals surface area contributed by atoms with Crippen LogP contribution in [0.3, 0.4) is 0 Å². The van der Waals surface area contributed by atoms with E-state index in [4.69, 9.17) is 19.9 Å². The second-order valence-electron chi connectivity index (χ2n) is 4.44. The summed E-state index contributed by atoms with van der Waals surface area (Å²) in [5, 5.41) is 0. The van der Waals surface area contributed by atoms with Gasteiger partial charge in [-0.3, -0.25) is 0 Å². The fourth-order valence-electron chi connectivity index (χ4n) is 1.95. The molecular formula is C17H19NO3. The predicted molar refractivity (Wildman–Crippen MR) is 85.9 cm³/mol. The molecule has 0 aromatic heterocycles. The molecule has 110 valence electrons. The highest BCUT2D eigenvalue weighted by Crippen LogP contribution is 2.32. The maximum Gasteiger partial charge on any atom is 0.146 e. The van der Waals surface area contributed by atoms with E-state index in [9.17, 15) is 0 Å². The minimum Gasteiger partial charge on any atom is -0.497 e. The zero-order chi connectivity index (χ0) is 15.2. The molecule has 4 heteroatoms. The van der Waals surface area contributed by atoms with E-state index >= 15 is 0 Å². The number of nitrogen functional groups attached to an aromatic ring is 1. The lowest BCUT2D eigenvalue weighted by atomic mass is 10.1. The van der Waals surface area contributed by atoms with Crippen molar-refractivity contribution < 1.29 is 14.2 Å². The van der Waals surface area contributed by atoms with Gasteiger partial charge in [-0.15, -0.1) is 0 Å². The van der Waals surface area contributed by atoms with Gasteiger partial charge in [-0.05, 0) is 23.8 Å². The van der Waals surface area contributed by atoms with Crippen LogP contribution in [-0.4, -0.2) is 21.3 Å². The minimum absolute atomic E-state index is 0.586. The number of anilines is 1. The van der Waals surface area contributed by atoms with Crippen molar-refractivity contribution in [2.24, 2.45) is 0 Å². The lowest BCUT2D eigenvalue weighted by Gasteiger charge is -2.10. The maximum atomic E-state index is 6.08. The van der Waals surface area contributed by atoms with Crippen molar-refractivity contribution in [3.63, 3.8) is 0 Å². The Morgan fingerprint density at radius 3 is 2.05 bits per heavy atom. The highest BCUT2D eigenvalue weighted by atomic mass is 16.5. The second-order valence-corrected chi connectivity index (χ2v) is 4.44. The lowest BCUT2D eigenvalue weighted by Crippen LogP contribution is -1.96. The Bertz CT molecular complexity index is 633. The molecule has 0 unspecified atom stereocenters. The van der Waals surface area contributed by atoms with Gasteiger partial charge in [0.05, 0.1) is 27.0 Å². The summed E-state index contributed by atoms with van der Waals surface area (Å²) >= 11 is 0. The van der Waals surface area contributed by atoms with Crippen molar-refractivity contribution in [2.45, 2.75) is 0 Å². The Kier molecular flexibility index (Phi) is 4.72. The van der Waals surface area contributed by atoms with Crippen molar-refractivity contribution in [2.75, 3.05) is 27.1 Å². The number of hydrogen-bond donors (Lipinski definition) is 1. The molecular weight excluding hydrogens is 266 g/mol. The summed E-state index contributed by atoms with van der Waals surface area (Å²) < 4.78 is 15.6.